The molecule has 0 saturated heterocycles. The summed E-state index contributed by atoms with van der Waals surface area (Å²) in [6, 6.07) is 18.2. The van der Waals surface area contributed by atoms with Gasteiger partial charge in [-0.05, 0) is 48.0 Å². The third-order valence-electron chi connectivity index (χ3n) is 5.91. The lowest BCUT2D eigenvalue weighted by atomic mass is 10.0. The number of hydrogen-bond acceptors (Lipinski definition) is 1. The van der Waals surface area contributed by atoms with Crippen LogP contribution in [0.4, 0.5) is 5.69 Å². The molecule has 2 heteroatoms. The van der Waals surface area contributed by atoms with E-state index >= 15 is 0 Å². The van der Waals surface area contributed by atoms with Gasteiger partial charge in [-0.15, -0.1) is 0 Å². The molecule has 1 nitrogen and oxygen atoms in total. The van der Waals surface area contributed by atoms with Crippen LogP contribution in [0.1, 0.15) is 58.3 Å². The van der Waals surface area contributed by atoms with Crippen LogP contribution in [0.3, 0.4) is 0 Å². The van der Waals surface area contributed by atoms with E-state index in [9.17, 15) is 0 Å². The first-order chi connectivity index (χ1) is 13.2. The second-order valence-electron chi connectivity index (χ2n) is 8.12. The zero-order valence-electron chi connectivity index (χ0n) is 17.5. The zero-order chi connectivity index (χ0) is 19.1. The summed E-state index contributed by atoms with van der Waals surface area (Å²) < 4.78 is 0. The highest BCUT2D eigenvalue weighted by Gasteiger charge is 2.26. The van der Waals surface area contributed by atoms with Gasteiger partial charge in [0.25, 0.3) is 0 Å². The van der Waals surface area contributed by atoms with Crippen LogP contribution in [-0.2, 0) is 0 Å². The SMILES string of the molecule is CCCCCP(c1ccccc1-c1ccccc1N(C)C)C1CCCCC1. The molecule has 27 heavy (non-hydrogen) atoms. The highest BCUT2D eigenvalue weighted by molar-refractivity contribution is 7.66. The average Bonchev–Trinajstić information content (AvgIpc) is 2.72. The van der Waals surface area contributed by atoms with E-state index in [1.807, 2.05) is 0 Å². The number of hydrogen-bond donors (Lipinski definition) is 0. The summed E-state index contributed by atoms with van der Waals surface area (Å²) in [4.78, 5) is 2.26. The molecule has 0 aliphatic heterocycles. The summed E-state index contributed by atoms with van der Waals surface area (Å²) in [7, 11) is 4.24. The molecular weight excluding hydrogens is 345 g/mol. The molecule has 2 aromatic carbocycles. The highest BCUT2D eigenvalue weighted by Crippen LogP contribution is 2.50. The fourth-order valence-corrected chi connectivity index (χ4v) is 7.80. The summed E-state index contributed by atoms with van der Waals surface area (Å²) >= 11 is 0. The van der Waals surface area contributed by atoms with Crippen molar-refractivity contribution in [3.05, 3.63) is 48.5 Å². The molecule has 1 saturated carbocycles. The molecule has 0 bridgehead atoms. The van der Waals surface area contributed by atoms with Crippen molar-refractivity contribution in [2.24, 2.45) is 0 Å². The maximum Gasteiger partial charge on any atom is 0.0440 e. The Kier molecular flexibility index (Phi) is 7.77. The Morgan fingerprint density at radius 2 is 1.52 bits per heavy atom. The number of benzene rings is 2. The minimum absolute atomic E-state index is 0.0801. The van der Waals surface area contributed by atoms with Crippen molar-refractivity contribution in [3.8, 4) is 11.1 Å². The van der Waals surface area contributed by atoms with Crippen molar-refractivity contribution in [1.29, 1.82) is 0 Å². The molecule has 0 N–H and O–H groups in total. The fraction of sp³-hybridized carbons (Fsp3) is 0.520. The van der Waals surface area contributed by atoms with Crippen molar-refractivity contribution in [3.63, 3.8) is 0 Å². The molecule has 0 amide bonds. The Balaban J connectivity index is 2.00. The largest absolute Gasteiger partial charge is 0.377 e. The smallest absolute Gasteiger partial charge is 0.0440 e. The van der Waals surface area contributed by atoms with Crippen molar-refractivity contribution >= 4 is 18.9 Å². The van der Waals surface area contributed by atoms with E-state index in [0.29, 0.717) is 0 Å². The van der Waals surface area contributed by atoms with Gasteiger partial charge in [0.2, 0.25) is 0 Å². The molecular formula is C25H36NP. The molecule has 0 heterocycles. The fourth-order valence-electron chi connectivity index (χ4n) is 4.47. The van der Waals surface area contributed by atoms with Gasteiger partial charge in [-0.3, -0.25) is 0 Å². The molecule has 1 aliphatic carbocycles. The molecule has 0 radical (unpaired) electrons. The second kappa shape index (κ2) is 10.3. The van der Waals surface area contributed by atoms with E-state index in [1.54, 1.807) is 5.30 Å². The molecule has 146 valence electrons. The first-order valence-corrected chi connectivity index (χ1v) is 12.4. The molecule has 0 spiro atoms. The number of para-hydroxylation sites is 1. The van der Waals surface area contributed by atoms with E-state index < -0.39 is 0 Å². The Morgan fingerprint density at radius 3 is 2.22 bits per heavy atom. The molecule has 3 rings (SSSR count). The highest BCUT2D eigenvalue weighted by atomic mass is 31.1. The minimum atomic E-state index is -0.0801. The Morgan fingerprint density at radius 1 is 0.852 bits per heavy atom. The van der Waals surface area contributed by atoms with Crippen LogP contribution in [0.15, 0.2) is 48.5 Å². The van der Waals surface area contributed by atoms with Crippen molar-refractivity contribution in [2.75, 3.05) is 25.2 Å². The van der Waals surface area contributed by atoms with Crippen LogP contribution in [0, 0.1) is 0 Å². The molecule has 2 aromatic rings. The van der Waals surface area contributed by atoms with Gasteiger partial charge in [0, 0.05) is 25.3 Å². The minimum Gasteiger partial charge on any atom is -0.377 e. The summed E-state index contributed by atoms with van der Waals surface area (Å²) in [6.07, 6.45) is 12.7. The van der Waals surface area contributed by atoms with Crippen LogP contribution >= 0.6 is 7.92 Å². The summed E-state index contributed by atoms with van der Waals surface area (Å²) in [6.45, 7) is 2.32. The number of nitrogens with zero attached hydrogens (tertiary/aromatic N) is 1. The Bertz CT molecular complexity index is 703. The van der Waals surface area contributed by atoms with Crippen LogP contribution < -0.4 is 10.2 Å². The van der Waals surface area contributed by atoms with Crippen molar-refractivity contribution in [1.82, 2.24) is 0 Å². The monoisotopic (exact) mass is 381 g/mol. The second-order valence-corrected chi connectivity index (χ2v) is 10.7. The van der Waals surface area contributed by atoms with Crippen LogP contribution in [0.2, 0.25) is 0 Å². The van der Waals surface area contributed by atoms with Gasteiger partial charge >= 0.3 is 0 Å². The van der Waals surface area contributed by atoms with E-state index in [4.69, 9.17) is 0 Å². The lowest BCUT2D eigenvalue weighted by Gasteiger charge is -2.33. The zero-order valence-corrected chi connectivity index (χ0v) is 18.3. The van der Waals surface area contributed by atoms with E-state index in [-0.39, 0.29) is 7.92 Å². The van der Waals surface area contributed by atoms with Gasteiger partial charge < -0.3 is 4.90 Å². The van der Waals surface area contributed by atoms with Gasteiger partial charge in [-0.25, -0.2) is 0 Å². The molecule has 1 unspecified atom stereocenters. The van der Waals surface area contributed by atoms with Gasteiger partial charge in [0.15, 0.2) is 0 Å². The first-order valence-electron chi connectivity index (χ1n) is 10.8. The van der Waals surface area contributed by atoms with Crippen LogP contribution in [-0.4, -0.2) is 25.9 Å². The van der Waals surface area contributed by atoms with Gasteiger partial charge in [0.05, 0.1) is 0 Å². The van der Waals surface area contributed by atoms with Gasteiger partial charge in [-0.2, -0.15) is 0 Å². The van der Waals surface area contributed by atoms with Crippen LogP contribution in [0.25, 0.3) is 11.1 Å². The van der Waals surface area contributed by atoms with E-state index in [2.05, 4.69) is 74.4 Å². The lowest BCUT2D eigenvalue weighted by Crippen LogP contribution is -2.21. The first kappa shape index (κ1) is 20.4. The number of unbranched alkanes of at least 4 members (excludes halogenated alkanes) is 2. The van der Waals surface area contributed by atoms with Crippen molar-refractivity contribution in [2.45, 2.75) is 63.9 Å². The van der Waals surface area contributed by atoms with E-state index in [0.717, 1.165) is 5.66 Å². The Hall–Kier alpha value is -1.33. The maximum absolute atomic E-state index is 2.45. The number of anilines is 1. The molecule has 1 fully saturated rings. The third kappa shape index (κ3) is 5.14. The normalized spacial score (nSPS) is 16.3. The van der Waals surface area contributed by atoms with Crippen molar-refractivity contribution < 1.29 is 0 Å². The third-order valence-corrected chi connectivity index (χ3v) is 9.11. The lowest BCUT2D eigenvalue weighted by molar-refractivity contribution is 0.511. The maximum atomic E-state index is 2.45. The van der Waals surface area contributed by atoms with Gasteiger partial charge in [-0.1, -0.05) is 89.4 Å². The number of rotatable bonds is 8. The van der Waals surface area contributed by atoms with E-state index in [1.165, 1.54) is 74.3 Å². The van der Waals surface area contributed by atoms with Gasteiger partial charge in [0.1, 0.15) is 0 Å². The topological polar surface area (TPSA) is 3.24 Å². The Labute approximate surface area is 167 Å². The summed E-state index contributed by atoms with van der Waals surface area (Å²) in [5, 5.41) is 1.66. The molecule has 0 aromatic heterocycles. The summed E-state index contributed by atoms with van der Waals surface area (Å²) in [5.74, 6) is 0. The standard InChI is InChI=1S/C25H36NP/c1-4-5-13-20-27(21-14-7-6-8-15-21)25-19-12-10-17-23(25)22-16-9-11-18-24(22)26(2)3/h9-12,16-19,21H,4-8,13-15,20H2,1-3H3. The van der Waals surface area contributed by atoms with Crippen LogP contribution in [0.5, 0.6) is 0 Å². The summed E-state index contributed by atoms with van der Waals surface area (Å²) in [5.41, 5.74) is 5.14. The average molecular weight is 382 g/mol. The molecule has 1 aliphatic rings. The predicted octanol–water partition coefficient (Wildman–Crippen LogP) is 7.05. The quantitative estimate of drug-likeness (QED) is 0.350. The molecule has 1 atom stereocenters. The predicted molar refractivity (Wildman–Crippen MR) is 124 cm³/mol.